The van der Waals surface area contributed by atoms with Crippen molar-refractivity contribution in [2.24, 2.45) is 0 Å². The van der Waals surface area contributed by atoms with E-state index >= 15 is 0 Å². The second kappa shape index (κ2) is 8.26. The van der Waals surface area contributed by atoms with E-state index in [1.807, 2.05) is 10.9 Å². The quantitative estimate of drug-likeness (QED) is 0.367. The largest absolute Gasteiger partial charge is 0.474 e. The number of aryl methyl sites for hydroxylation is 1. The van der Waals surface area contributed by atoms with Gasteiger partial charge in [-0.1, -0.05) is 43.3 Å². The summed E-state index contributed by atoms with van der Waals surface area (Å²) < 4.78 is 8.35. The maximum Gasteiger partial charge on any atom is 0.246 e. The van der Waals surface area contributed by atoms with Crippen LogP contribution in [-0.2, 0) is 13.0 Å². The average Bonchev–Trinajstić information content (AvgIpc) is 3.52. The van der Waals surface area contributed by atoms with Crippen molar-refractivity contribution in [1.29, 1.82) is 0 Å². The number of aromatic nitrogens is 4. The van der Waals surface area contributed by atoms with Gasteiger partial charge in [-0.2, -0.15) is 9.97 Å². The first kappa shape index (κ1) is 20.9. The molecule has 0 aliphatic carbocycles. The van der Waals surface area contributed by atoms with E-state index in [2.05, 4.69) is 63.2 Å². The second-order valence-electron chi connectivity index (χ2n) is 9.34. The molecule has 6 rings (SSSR count). The van der Waals surface area contributed by atoms with Crippen molar-refractivity contribution in [1.82, 2.24) is 24.4 Å². The first-order valence-corrected chi connectivity index (χ1v) is 12.3. The first-order valence-electron chi connectivity index (χ1n) is 11.9. The van der Waals surface area contributed by atoms with E-state index in [1.54, 1.807) is 0 Å². The molecular formula is C26H28ClN5O. The van der Waals surface area contributed by atoms with E-state index in [-0.39, 0.29) is 10.8 Å². The number of rotatable bonds is 6. The highest BCUT2D eigenvalue weighted by Gasteiger charge is 2.45. The number of imidazole rings is 1. The summed E-state index contributed by atoms with van der Waals surface area (Å²) in [6, 6.07) is 13.0. The maximum absolute atomic E-state index is 6.35. The third-order valence-corrected chi connectivity index (χ3v) is 7.66. The number of ether oxygens (including phenoxy) is 1. The van der Waals surface area contributed by atoms with Gasteiger partial charge in [-0.15, -0.1) is 0 Å². The van der Waals surface area contributed by atoms with Crippen molar-refractivity contribution in [2.45, 2.75) is 51.1 Å². The fraction of sp³-hybridized carbons (Fsp3) is 0.423. The zero-order chi connectivity index (χ0) is 22.4. The van der Waals surface area contributed by atoms with Gasteiger partial charge in [0.2, 0.25) is 11.2 Å². The summed E-state index contributed by atoms with van der Waals surface area (Å²) in [5.41, 5.74) is 4.12. The lowest BCUT2D eigenvalue weighted by molar-refractivity contribution is 0.111. The van der Waals surface area contributed by atoms with E-state index in [0.717, 1.165) is 6.42 Å². The van der Waals surface area contributed by atoms with Gasteiger partial charge in [0.15, 0.2) is 11.2 Å². The lowest BCUT2D eigenvalue weighted by atomic mass is 9.95. The molecule has 0 saturated carbocycles. The van der Waals surface area contributed by atoms with E-state index in [1.165, 1.54) is 60.7 Å². The fourth-order valence-electron chi connectivity index (χ4n) is 5.88. The van der Waals surface area contributed by atoms with E-state index in [4.69, 9.17) is 16.3 Å². The van der Waals surface area contributed by atoms with Gasteiger partial charge in [-0.25, -0.2) is 4.98 Å². The minimum Gasteiger partial charge on any atom is -0.474 e. The zero-order valence-corrected chi connectivity index (χ0v) is 19.7. The van der Waals surface area contributed by atoms with Crippen molar-refractivity contribution >= 4 is 33.5 Å². The molecule has 33 heavy (non-hydrogen) atoms. The zero-order valence-electron chi connectivity index (χ0n) is 18.9. The van der Waals surface area contributed by atoms with Crippen LogP contribution in [0, 0.1) is 0 Å². The highest BCUT2D eigenvalue weighted by atomic mass is 35.5. The minimum atomic E-state index is 0.145. The Kier molecular flexibility index (Phi) is 5.23. The number of hydrogen-bond acceptors (Lipinski definition) is 5. The van der Waals surface area contributed by atoms with Gasteiger partial charge in [-0.3, -0.25) is 4.90 Å². The number of nitrogens with zero attached hydrogens (tertiary/aromatic N) is 5. The van der Waals surface area contributed by atoms with Crippen molar-refractivity contribution in [3.63, 3.8) is 0 Å². The molecule has 4 aromatic rings. The van der Waals surface area contributed by atoms with Crippen LogP contribution in [0.15, 0.2) is 42.7 Å². The van der Waals surface area contributed by atoms with Crippen LogP contribution in [0.2, 0.25) is 5.28 Å². The second-order valence-corrected chi connectivity index (χ2v) is 9.67. The minimum absolute atomic E-state index is 0.145. The normalized spacial score (nSPS) is 17.8. The van der Waals surface area contributed by atoms with Gasteiger partial charge in [0.25, 0.3) is 0 Å². The summed E-state index contributed by atoms with van der Waals surface area (Å²) >= 11 is 6.35. The molecule has 2 aromatic carbocycles. The number of benzene rings is 2. The maximum atomic E-state index is 6.35. The van der Waals surface area contributed by atoms with Crippen molar-refractivity contribution in [3.8, 4) is 5.88 Å². The van der Waals surface area contributed by atoms with Gasteiger partial charge in [0, 0.05) is 0 Å². The summed E-state index contributed by atoms with van der Waals surface area (Å²) in [5.74, 6) is 0.490. The topological polar surface area (TPSA) is 56.1 Å². The molecule has 2 saturated heterocycles. The monoisotopic (exact) mass is 461 g/mol. The molecule has 0 radical (unpaired) electrons. The molecule has 2 aromatic heterocycles. The molecule has 0 unspecified atom stereocenters. The predicted octanol–water partition coefficient (Wildman–Crippen LogP) is 5.25. The summed E-state index contributed by atoms with van der Waals surface area (Å²) in [5, 5.41) is 2.76. The molecular weight excluding hydrogens is 434 g/mol. The molecule has 2 aliphatic heterocycles. The smallest absolute Gasteiger partial charge is 0.246 e. The Bertz CT molecular complexity index is 1320. The fourth-order valence-corrected chi connectivity index (χ4v) is 6.04. The molecule has 7 heteroatoms. The SMILES string of the molecule is CCc1cccc2cccc(Cn3cnc4c(OCC56CCCN5CCC6)nc(Cl)nc43)c12. The van der Waals surface area contributed by atoms with Crippen LogP contribution in [0.3, 0.4) is 0 Å². The molecule has 0 bridgehead atoms. The number of fused-ring (bicyclic) bond motifs is 3. The molecule has 6 nitrogen and oxygen atoms in total. The van der Waals surface area contributed by atoms with Gasteiger partial charge >= 0.3 is 0 Å². The Morgan fingerprint density at radius 3 is 2.55 bits per heavy atom. The van der Waals surface area contributed by atoms with Gasteiger partial charge in [0.05, 0.1) is 18.4 Å². The standard InChI is InChI=1S/C26H28ClN5O/c1-2-18-7-3-8-19-9-4-10-20(21(18)19)15-31-17-28-22-23(31)29-25(27)30-24(22)33-16-26-11-5-13-32(26)14-6-12-26/h3-4,7-10,17H,2,5-6,11-16H2,1H3. The molecule has 2 fully saturated rings. The Balaban J connectivity index is 1.34. The summed E-state index contributed by atoms with van der Waals surface area (Å²) in [6.07, 6.45) is 7.66. The molecule has 4 heterocycles. The van der Waals surface area contributed by atoms with Gasteiger partial charge in [0.1, 0.15) is 6.61 Å². The molecule has 0 amide bonds. The van der Waals surface area contributed by atoms with Crippen LogP contribution in [0.25, 0.3) is 21.9 Å². The van der Waals surface area contributed by atoms with Crippen LogP contribution >= 0.6 is 11.6 Å². The first-order chi connectivity index (χ1) is 16.2. The van der Waals surface area contributed by atoms with Crippen molar-refractivity contribution < 1.29 is 4.74 Å². The van der Waals surface area contributed by atoms with E-state index < -0.39 is 0 Å². The summed E-state index contributed by atoms with van der Waals surface area (Å²) in [7, 11) is 0. The van der Waals surface area contributed by atoms with Crippen molar-refractivity contribution in [2.75, 3.05) is 19.7 Å². The molecule has 0 N–H and O–H groups in total. The molecule has 0 spiro atoms. The van der Waals surface area contributed by atoms with Crippen LogP contribution < -0.4 is 4.74 Å². The third-order valence-electron chi connectivity index (χ3n) is 7.49. The molecule has 0 atom stereocenters. The third kappa shape index (κ3) is 3.56. The van der Waals surface area contributed by atoms with E-state index in [9.17, 15) is 0 Å². The van der Waals surface area contributed by atoms with Crippen LogP contribution in [0.5, 0.6) is 5.88 Å². The number of hydrogen-bond donors (Lipinski definition) is 0. The Labute approximate surface area is 198 Å². The van der Waals surface area contributed by atoms with E-state index in [0.29, 0.717) is 30.2 Å². The van der Waals surface area contributed by atoms with Gasteiger partial charge in [-0.05, 0) is 78.7 Å². The molecule has 2 aliphatic rings. The number of halogens is 1. The van der Waals surface area contributed by atoms with Crippen LogP contribution in [0.4, 0.5) is 0 Å². The molecule has 170 valence electrons. The highest BCUT2D eigenvalue weighted by Crippen LogP contribution is 2.39. The Hall–Kier alpha value is -2.70. The highest BCUT2D eigenvalue weighted by molar-refractivity contribution is 6.28. The average molecular weight is 462 g/mol. The van der Waals surface area contributed by atoms with Crippen molar-refractivity contribution in [3.05, 3.63) is 59.1 Å². The summed E-state index contributed by atoms with van der Waals surface area (Å²) in [6.45, 7) is 5.83. The lowest BCUT2D eigenvalue weighted by Crippen LogP contribution is -2.43. The Morgan fingerprint density at radius 2 is 1.79 bits per heavy atom. The van der Waals surface area contributed by atoms with Crippen LogP contribution in [-0.4, -0.2) is 49.7 Å². The lowest BCUT2D eigenvalue weighted by Gasteiger charge is -2.31. The van der Waals surface area contributed by atoms with Gasteiger partial charge < -0.3 is 9.30 Å². The Morgan fingerprint density at radius 1 is 1.03 bits per heavy atom. The predicted molar refractivity (Wildman–Crippen MR) is 131 cm³/mol. The summed E-state index contributed by atoms with van der Waals surface area (Å²) in [4.78, 5) is 16.2. The van der Waals surface area contributed by atoms with Crippen LogP contribution in [0.1, 0.15) is 43.7 Å².